The summed E-state index contributed by atoms with van der Waals surface area (Å²) in [5.41, 5.74) is 3.39. The standard InChI is InChI=1S/C28H29N7O/c1-21(36)29-22-12-11-13-23(20-22)30-26-31-27(34-18-9-4-10-19-34)33-28(32-26)35(24-14-5-2-6-15-24)25-16-7-3-8-17-25/h2-3,5-8,11-17,20H,4,9-10,18-19H2,1H3,(H,29,36)(H,30,31,32,33). The number of anilines is 7. The van der Waals surface area contributed by atoms with Gasteiger partial charge in [0.25, 0.3) is 0 Å². The van der Waals surface area contributed by atoms with Gasteiger partial charge in [-0.25, -0.2) is 0 Å². The minimum Gasteiger partial charge on any atom is -0.341 e. The quantitative estimate of drug-likeness (QED) is 0.334. The molecule has 0 spiro atoms. The molecule has 1 fully saturated rings. The SMILES string of the molecule is CC(=O)Nc1cccc(Nc2nc(N3CCCCC3)nc(N(c3ccccc3)c3ccccc3)n2)c1. The average molecular weight is 480 g/mol. The van der Waals surface area contributed by atoms with E-state index in [9.17, 15) is 4.79 Å². The van der Waals surface area contributed by atoms with Crippen LogP contribution in [0.1, 0.15) is 26.2 Å². The molecule has 1 saturated heterocycles. The lowest BCUT2D eigenvalue weighted by Crippen LogP contribution is -2.31. The van der Waals surface area contributed by atoms with E-state index in [4.69, 9.17) is 15.0 Å². The Morgan fingerprint density at radius 3 is 2.06 bits per heavy atom. The number of amides is 1. The number of para-hydroxylation sites is 2. The van der Waals surface area contributed by atoms with Crippen LogP contribution in [0, 0.1) is 0 Å². The zero-order chi connectivity index (χ0) is 24.7. The second-order valence-corrected chi connectivity index (χ2v) is 8.70. The summed E-state index contributed by atoms with van der Waals surface area (Å²) in [5.74, 6) is 1.50. The lowest BCUT2D eigenvalue weighted by atomic mass is 10.1. The number of hydrogen-bond donors (Lipinski definition) is 2. The number of piperidine rings is 1. The summed E-state index contributed by atoms with van der Waals surface area (Å²) < 4.78 is 0. The van der Waals surface area contributed by atoms with E-state index in [-0.39, 0.29) is 5.91 Å². The highest BCUT2D eigenvalue weighted by Crippen LogP contribution is 2.33. The number of hydrogen-bond acceptors (Lipinski definition) is 7. The van der Waals surface area contributed by atoms with E-state index in [0.29, 0.717) is 23.5 Å². The van der Waals surface area contributed by atoms with E-state index in [1.165, 1.54) is 13.3 Å². The normalized spacial score (nSPS) is 13.2. The molecule has 4 aromatic rings. The van der Waals surface area contributed by atoms with Crippen molar-refractivity contribution in [3.63, 3.8) is 0 Å². The van der Waals surface area contributed by atoms with Crippen LogP contribution in [-0.4, -0.2) is 33.9 Å². The first-order chi connectivity index (χ1) is 17.7. The van der Waals surface area contributed by atoms with Crippen molar-refractivity contribution in [3.8, 4) is 0 Å². The van der Waals surface area contributed by atoms with Gasteiger partial charge in [-0.2, -0.15) is 15.0 Å². The van der Waals surface area contributed by atoms with Gasteiger partial charge in [0.1, 0.15) is 0 Å². The smallest absolute Gasteiger partial charge is 0.241 e. The minimum atomic E-state index is -0.122. The zero-order valence-corrected chi connectivity index (χ0v) is 20.3. The fourth-order valence-electron chi connectivity index (χ4n) is 4.29. The maximum absolute atomic E-state index is 11.5. The van der Waals surface area contributed by atoms with Crippen LogP contribution in [0.25, 0.3) is 0 Å². The molecule has 0 saturated carbocycles. The van der Waals surface area contributed by atoms with Gasteiger partial charge in [0.15, 0.2) is 0 Å². The summed E-state index contributed by atoms with van der Waals surface area (Å²) in [6.07, 6.45) is 3.45. The van der Waals surface area contributed by atoms with Crippen molar-refractivity contribution in [2.75, 3.05) is 33.5 Å². The predicted molar refractivity (Wildman–Crippen MR) is 145 cm³/mol. The number of benzene rings is 3. The van der Waals surface area contributed by atoms with E-state index in [1.807, 2.05) is 89.8 Å². The van der Waals surface area contributed by atoms with Crippen LogP contribution in [0.2, 0.25) is 0 Å². The molecule has 36 heavy (non-hydrogen) atoms. The first-order valence-corrected chi connectivity index (χ1v) is 12.2. The predicted octanol–water partition coefficient (Wildman–Crippen LogP) is 6.03. The molecule has 5 rings (SSSR count). The maximum atomic E-state index is 11.5. The van der Waals surface area contributed by atoms with E-state index >= 15 is 0 Å². The second kappa shape index (κ2) is 10.9. The van der Waals surface area contributed by atoms with Crippen LogP contribution >= 0.6 is 0 Å². The fourth-order valence-corrected chi connectivity index (χ4v) is 4.29. The molecule has 8 heteroatoms. The molecular formula is C28H29N7O. The molecule has 1 aromatic heterocycles. The van der Waals surface area contributed by atoms with Gasteiger partial charge in [0.05, 0.1) is 0 Å². The molecule has 0 bridgehead atoms. The van der Waals surface area contributed by atoms with Crippen molar-refractivity contribution in [1.29, 1.82) is 0 Å². The molecule has 1 aliphatic rings. The van der Waals surface area contributed by atoms with Gasteiger partial charge in [-0.3, -0.25) is 9.69 Å². The molecule has 0 unspecified atom stereocenters. The Bertz CT molecular complexity index is 1270. The van der Waals surface area contributed by atoms with Gasteiger partial charge in [-0.1, -0.05) is 42.5 Å². The van der Waals surface area contributed by atoms with Crippen LogP contribution < -0.4 is 20.4 Å². The highest BCUT2D eigenvalue weighted by molar-refractivity contribution is 5.89. The van der Waals surface area contributed by atoms with Crippen molar-refractivity contribution in [3.05, 3.63) is 84.9 Å². The van der Waals surface area contributed by atoms with Gasteiger partial charge in [0.2, 0.25) is 23.8 Å². The van der Waals surface area contributed by atoms with Crippen molar-refractivity contribution in [1.82, 2.24) is 15.0 Å². The monoisotopic (exact) mass is 479 g/mol. The fraction of sp³-hybridized carbons (Fsp3) is 0.214. The third kappa shape index (κ3) is 5.60. The first kappa shape index (κ1) is 23.3. The maximum Gasteiger partial charge on any atom is 0.241 e. The molecule has 2 N–H and O–H groups in total. The molecule has 3 aromatic carbocycles. The second-order valence-electron chi connectivity index (χ2n) is 8.70. The number of carbonyl (C=O) groups excluding carboxylic acids is 1. The highest BCUT2D eigenvalue weighted by atomic mass is 16.1. The highest BCUT2D eigenvalue weighted by Gasteiger charge is 2.21. The minimum absolute atomic E-state index is 0.122. The van der Waals surface area contributed by atoms with Crippen molar-refractivity contribution < 1.29 is 4.79 Å². The Kier molecular flexibility index (Phi) is 7.02. The molecular weight excluding hydrogens is 450 g/mol. The summed E-state index contributed by atoms with van der Waals surface area (Å²) in [7, 11) is 0. The number of aromatic nitrogens is 3. The molecule has 0 atom stereocenters. The average Bonchev–Trinajstić information content (AvgIpc) is 2.90. The van der Waals surface area contributed by atoms with Crippen LogP contribution in [-0.2, 0) is 4.79 Å². The molecule has 0 aliphatic carbocycles. The van der Waals surface area contributed by atoms with Crippen LogP contribution in [0.4, 0.5) is 40.6 Å². The number of rotatable bonds is 7. The Hall–Kier alpha value is -4.46. The van der Waals surface area contributed by atoms with Crippen LogP contribution in [0.15, 0.2) is 84.9 Å². The Morgan fingerprint density at radius 2 is 1.42 bits per heavy atom. The number of carbonyl (C=O) groups is 1. The third-order valence-corrected chi connectivity index (χ3v) is 5.92. The number of nitrogens with one attached hydrogen (secondary N) is 2. The molecule has 1 amide bonds. The van der Waals surface area contributed by atoms with Gasteiger partial charge >= 0.3 is 0 Å². The largest absolute Gasteiger partial charge is 0.341 e. The number of nitrogens with zero attached hydrogens (tertiary/aromatic N) is 5. The first-order valence-electron chi connectivity index (χ1n) is 12.2. The lowest BCUT2D eigenvalue weighted by Gasteiger charge is -2.29. The van der Waals surface area contributed by atoms with Gasteiger partial charge in [-0.15, -0.1) is 0 Å². The Balaban J connectivity index is 1.58. The van der Waals surface area contributed by atoms with Gasteiger partial charge in [0, 0.05) is 42.8 Å². The van der Waals surface area contributed by atoms with Gasteiger partial charge in [-0.05, 0) is 61.7 Å². The third-order valence-electron chi connectivity index (χ3n) is 5.92. The topological polar surface area (TPSA) is 86.3 Å². The van der Waals surface area contributed by atoms with E-state index < -0.39 is 0 Å². The molecule has 8 nitrogen and oxygen atoms in total. The molecule has 0 radical (unpaired) electrons. The van der Waals surface area contributed by atoms with E-state index in [1.54, 1.807) is 0 Å². The Labute approximate surface area is 211 Å². The summed E-state index contributed by atoms with van der Waals surface area (Å²) in [5, 5.41) is 6.15. The summed E-state index contributed by atoms with van der Waals surface area (Å²) >= 11 is 0. The molecule has 1 aliphatic heterocycles. The van der Waals surface area contributed by atoms with Crippen LogP contribution in [0.3, 0.4) is 0 Å². The lowest BCUT2D eigenvalue weighted by molar-refractivity contribution is -0.114. The zero-order valence-electron chi connectivity index (χ0n) is 20.3. The van der Waals surface area contributed by atoms with Crippen molar-refractivity contribution in [2.45, 2.75) is 26.2 Å². The van der Waals surface area contributed by atoms with Crippen LogP contribution in [0.5, 0.6) is 0 Å². The van der Waals surface area contributed by atoms with Crippen molar-refractivity contribution in [2.24, 2.45) is 0 Å². The van der Waals surface area contributed by atoms with E-state index in [0.717, 1.165) is 43.0 Å². The molecule has 2 heterocycles. The summed E-state index contributed by atoms with van der Waals surface area (Å²) in [4.78, 5) is 30.4. The van der Waals surface area contributed by atoms with Gasteiger partial charge < -0.3 is 15.5 Å². The summed E-state index contributed by atoms with van der Waals surface area (Å²) in [6, 6.07) is 27.7. The summed E-state index contributed by atoms with van der Waals surface area (Å²) in [6.45, 7) is 3.32. The van der Waals surface area contributed by atoms with Crippen molar-refractivity contribution >= 4 is 46.5 Å². The van der Waals surface area contributed by atoms with E-state index in [2.05, 4.69) is 15.5 Å². The molecule has 182 valence electrons. The Morgan fingerprint density at radius 1 is 0.778 bits per heavy atom.